The predicted molar refractivity (Wildman–Crippen MR) is 354 cm³/mol. The molecule has 0 unspecified atom stereocenters. The summed E-state index contributed by atoms with van der Waals surface area (Å²) in [6.45, 7) is 0. The van der Waals surface area contributed by atoms with E-state index in [1.54, 1.807) is 11.1 Å². The largest absolute Gasteiger partial charge is 0.456 e. The van der Waals surface area contributed by atoms with E-state index in [2.05, 4.69) is 240 Å². The highest BCUT2D eigenvalue weighted by molar-refractivity contribution is 7.26. The number of thiophene rings is 2. The Balaban J connectivity index is 0.797. The monoisotopic (exact) mass is 1110 g/mol. The molecule has 6 heteroatoms. The molecule has 0 saturated heterocycles. The molecule has 0 radical (unpaired) electrons. The highest BCUT2D eigenvalue weighted by Crippen LogP contribution is 2.72. The third-order valence-electron chi connectivity index (χ3n) is 20.5. The van der Waals surface area contributed by atoms with Crippen LogP contribution in [0.25, 0.3) is 117 Å². The molecule has 4 nitrogen and oxygen atoms in total. The van der Waals surface area contributed by atoms with Crippen molar-refractivity contribution in [3.63, 3.8) is 0 Å². The van der Waals surface area contributed by atoms with Crippen molar-refractivity contribution in [1.82, 2.24) is 0 Å². The number of hydrogen-bond donors (Lipinski definition) is 0. The van der Waals surface area contributed by atoms with Crippen molar-refractivity contribution in [2.75, 3.05) is 9.80 Å². The van der Waals surface area contributed by atoms with Crippen LogP contribution < -0.4 is 9.80 Å². The van der Waals surface area contributed by atoms with E-state index in [1.807, 2.05) is 22.7 Å². The van der Waals surface area contributed by atoms with E-state index in [1.165, 1.54) is 111 Å². The number of hydrogen-bond acceptors (Lipinski definition) is 6. The van der Waals surface area contributed by atoms with Gasteiger partial charge in [-0.2, -0.15) is 0 Å². The van der Waals surface area contributed by atoms with Gasteiger partial charge in [0, 0.05) is 103 Å². The van der Waals surface area contributed by atoms with Gasteiger partial charge in [0.05, 0.1) is 10.4 Å². The third-order valence-corrected chi connectivity index (χ3v) is 22.8. The van der Waals surface area contributed by atoms with Crippen LogP contribution in [0.2, 0.25) is 0 Å². The Bertz CT molecular complexity index is 5460. The van der Waals surface area contributed by atoms with Crippen molar-refractivity contribution in [1.29, 1.82) is 0 Å². The summed E-state index contributed by atoms with van der Waals surface area (Å²) >= 11 is 3.93. The SMILES string of the molecule is c1ccc(N(c2ccc3c(c2)oc2cc4ccccc4cc23)c2ccc3c(c2)sc2cc4c(cc23)-c2c(cc(N(c3ccccc3)c3ccc5c(c3)oc3cc6ccccc6cc35)c3sc5ccccc5c23)C42C3CC4CC(C3)CC2C4)cc1. The van der Waals surface area contributed by atoms with Crippen LogP contribution in [0.3, 0.4) is 0 Å². The number of fused-ring (bicyclic) bond motifs is 18. The van der Waals surface area contributed by atoms with Crippen molar-refractivity contribution in [2.24, 2.45) is 23.7 Å². The lowest BCUT2D eigenvalue weighted by molar-refractivity contribution is -0.0398. The molecule has 84 heavy (non-hydrogen) atoms. The van der Waals surface area contributed by atoms with Gasteiger partial charge in [0.2, 0.25) is 0 Å². The zero-order chi connectivity index (χ0) is 54.5. The number of anilines is 6. The Morgan fingerprint density at radius 1 is 0.345 bits per heavy atom. The van der Waals surface area contributed by atoms with Crippen molar-refractivity contribution >= 4 is 163 Å². The zero-order valence-electron chi connectivity index (χ0n) is 45.8. The Hall–Kier alpha value is -9.20. The van der Waals surface area contributed by atoms with Gasteiger partial charge in [-0.1, -0.05) is 109 Å². The van der Waals surface area contributed by atoms with E-state index in [-0.39, 0.29) is 5.41 Å². The average Bonchev–Trinajstić information content (AvgIpc) is 2.18. The van der Waals surface area contributed by atoms with Gasteiger partial charge in [-0.3, -0.25) is 0 Å². The van der Waals surface area contributed by atoms with Gasteiger partial charge in [0.1, 0.15) is 22.3 Å². The van der Waals surface area contributed by atoms with Crippen LogP contribution in [0.5, 0.6) is 0 Å². The first kappa shape index (κ1) is 46.3. The number of nitrogens with zero attached hydrogens (tertiary/aromatic N) is 2. The highest BCUT2D eigenvalue weighted by Gasteiger charge is 2.62. The molecule has 0 N–H and O–H groups in total. The maximum Gasteiger partial charge on any atom is 0.137 e. The summed E-state index contributed by atoms with van der Waals surface area (Å²) < 4.78 is 18.9. The van der Waals surface area contributed by atoms with Crippen LogP contribution in [-0.4, -0.2) is 0 Å². The molecule has 0 amide bonds. The van der Waals surface area contributed by atoms with Gasteiger partial charge in [-0.05, 0) is 209 Å². The van der Waals surface area contributed by atoms with Gasteiger partial charge in [-0.25, -0.2) is 0 Å². The summed E-state index contributed by atoms with van der Waals surface area (Å²) in [5, 5.41) is 14.8. The molecule has 12 aromatic carbocycles. The molecule has 0 atom stereocenters. The first-order chi connectivity index (χ1) is 41.5. The summed E-state index contributed by atoms with van der Waals surface area (Å²) in [6, 6.07) is 86.3. The average molecular weight is 1110 g/mol. The summed E-state index contributed by atoms with van der Waals surface area (Å²) in [4.78, 5) is 4.96. The van der Waals surface area contributed by atoms with Gasteiger partial charge in [0.15, 0.2) is 0 Å². The maximum atomic E-state index is 6.85. The second kappa shape index (κ2) is 17.0. The van der Waals surface area contributed by atoms with Crippen molar-refractivity contribution in [2.45, 2.75) is 37.5 Å². The van der Waals surface area contributed by atoms with E-state index in [4.69, 9.17) is 8.83 Å². The van der Waals surface area contributed by atoms with Crippen LogP contribution in [0.4, 0.5) is 34.1 Å². The van der Waals surface area contributed by atoms with Gasteiger partial charge < -0.3 is 18.6 Å². The maximum absolute atomic E-state index is 6.85. The summed E-state index contributed by atoms with van der Waals surface area (Å²) in [5.74, 6) is 2.79. The van der Waals surface area contributed by atoms with E-state index in [0.29, 0.717) is 11.8 Å². The summed E-state index contributed by atoms with van der Waals surface area (Å²) in [5.41, 5.74) is 16.4. The van der Waals surface area contributed by atoms with Gasteiger partial charge >= 0.3 is 0 Å². The number of benzene rings is 12. The fourth-order valence-corrected chi connectivity index (χ4v) is 19.7. The molecule has 0 aliphatic heterocycles. The molecule has 16 aromatic rings. The lowest BCUT2D eigenvalue weighted by Crippen LogP contribution is -2.55. The molecular formula is C78H52N2O2S2. The number of rotatable bonds is 6. The normalized spacial score (nSPS) is 19.7. The topological polar surface area (TPSA) is 32.8 Å². The van der Waals surface area contributed by atoms with Crippen LogP contribution in [0.15, 0.2) is 239 Å². The molecule has 21 rings (SSSR count). The van der Waals surface area contributed by atoms with E-state index in [0.717, 1.165) is 84.1 Å². The van der Waals surface area contributed by atoms with Crippen LogP contribution >= 0.6 is 22.7 Å². The molecule has 4 fully saturated rings. The molecule has 1 spiro atoms. The minimum Gasteiger partial charge on any atom is -0.456 e. The minimum absolute atomic E-state index is 0.0984. The first-order valence-electron chi connectivity index (χ1n) is 29.9. The third kappa shape index (κ3) is 6.37. The number of furan rings is 2. The minimum atomic E-state index is -0.0984. The predicted octanol–water partition coefficient (Wildman–Crippen LogP) is 23.2. The summed E-state index contributed by atoms with van der Waals surface area (Å²) in [6.07, 6.45) is 6.64. The molecule has 5 aliphatic rings. The van der Waals surface area contributed by atoms with E-state index < -0.39 is 0 Å². The van der Waals surface area contributed by atoms with E-state index >= 15 is 0 Å². The van der Waals surface area contributed by atoms with Crippen molar-refractivity contribution < 1.29 is 8.83 Å². The Labute approximate surface area is 492 Å². The molecule has 4 aromatic heterocycles. The molecule has 398 valence electrons. The fourth-order valence-electron chi connectivity index (χ4n) is 17.3. The van der Waals surface area contributed by atoms with Crippen molar-refractivity contribution in [3.05, 3.63) is 242 Å². The van der Waals surface area contributed by atoms with Gasteiger partial charge in [0.25, 0.3) is 0 Å². The zero-order valence-corrected chi connectivity index (χ0v) is 47.4. The second-order valence-corrected chi connectivity index (χ2v) is 26.9. The standard InChI is InChI=1S/C78H52N2O2S2/c1-3-17-52(18-4-1)79(54-23-26-57-61-34-46-13-7-9-15-48(46)36-68(61)81-70(57)38-54)56-25-28-59-63-41-64-65(43-74(63)83-73(59)40-56)78(50-30-44-29-45(32-50)33-51(78)31-44)66-42-67(77-76(75(64)66)60-21-11-12-22-72(60)84-77)80(53-19-5-2-6-20-53)55-24-27-58-62-35-47-14-8-10-16-49(47)37-69(62)82-71(58)39-55/h1-28,34-45,50-51H,29-33H2. The lowest BCUT2D eigenvalue weighted by Gasteiger charge is -2.61. The number of para-hydroxylation sites is 2. The van der Waals surface area contributed by atoms with E-state index in [9.17, 15) is 0 Å². The smallest absolute Gasteiger partial charge is 0.137 e. The van der Waals surface area contributed by atoms with Gasteiger partial charge in [-0.15, -0.1) is 22.7 Å². The van der Waals surface area contributed by atoms with Crippen LogP contribution in [-0.2, 0) is 5.41 Å². The molecular weight excluding hydrogens is 1060 g/mol. The quantitative estimate of drug-likeness (QED) is 0.166. The first-order valence-corrected chi connectivity index (χ1v) is 31.6. The van der Waals surface area contributed by atoms with Crippen LogP contribution in [0, 0.1) is 23.7 Å². The highest BCUT2D eigenvalue weighted by atomic mass is 32.1. The fraction of sp³-hybridized carbons (Fsp3) is 0.128. The molecule has 4 bridgehead atoms. The Kier molecular flexibility index (Phi) is 9.36. The van der Waals surface area contributed by atoms with Crippen molar-refractivity contribution in [3.8, 4) is 11.1 Å². The second-order valence-electron chi connectivity index (χ2n) is 24.8. The molecule has 4 saturated carbocycles. The molecule has 4 heterocycles. The summed E-state index contributed by atoms with van der Waals surface area (Å²) in [7, 11) is 0. The Morgan fingerprint density at radius 2 is 0.857 bits per heavy atom. The van der Waals surface area contributed by atoms with Crippen LogP contribution in [0.1, 0.15) is 43.2 Å². The lowest BCUT2D eigenvalue weighted by atomic mass is 9.43. The molecule has 5 aliphatic carbocycles. The Morgan fingerprint density at radius 3 is 1.49 bits per heavy atom.